The lowest BCUT2D eigenvalue weighted by atomic mass is 10.2. The average molecular weight is 351 g/mol. The van der Waals surface area contributed by atoms with Crippen molar-refractivity contribution in [2.75, 3.05) is 13.2 Å². The van der Waals surface area contributed by atoms with Crippen LogP contribution in [-0.4, -0.2) is 40.2 Å². The Hall–Kier alpha value is -2.39. The van der Waals surface area contributed by atoms with Crippen molar-refractivity contribution in [1.29, 1.82) is 0 Å². The highest BCUT2D eigenvalue weighted by atomic mass is 32.2. The van der Waals surface area contributed by atoms with Crippen molar-refractivity contribution in [2.24, 2.45) is 0 Å². The van der Waals surface area contributed by atoms with Gasteiger partial charge in [0.25, 0.3) is 5.91 Å². The fourth-order valence-corrected chi connectivity index (χ4v) is 2.97. The van der Waals surface area contributed by atoms with E-state index < -0.39 is 31.0 Å². The minimum Gasteiger partial charge on any atom is -0.548 e. The third-order valence-corrected chi connectivity index (χ3v) is 4.07. The molecule has 0 aliphatic carbocycles. The minimum absolute atomic E-state index is 0.152. The molecule has 0 radical (unpaired) electrons. The molecule has 120 valence electrons. The van der Waals surface area contributed by atoms with Crippen LogP contribution in [0.1, 0.15) is 5.56 Å². The van der Waals surface area contributed by atoms with E-state index in [4.69, 9.17) is 17.0 Å². The topological polar surface area (TPSA) is 110 Å². The molecule has 0 spiro atoms. The molecule has 0 unspecified atom stereocenters. The summed E-state index contributed by atoms with van der Waals surface area (Å²) in [5.41, 5.74) is 0.653. The quantitative estimate of drug-likeness (QED) is 0.463. The second-order valence-electron chi connectivity index (χ2n) is 4.37. The van der Waals surface area contributed by atoms with Crippen LogP contribution < -0.4 is 14.9 Å². The first-order valence-electron chi connectivity index (χ1n) is 6.25. The van der Waals surface area contributed by atoms with Gasteiger partial charge in [-0.3, -0.25) is 9.69 Å². The van der Waals surface area contributed by atoms with E-state index in [0.29, 0.717) is 16.2 Å². The average Bonchev–Trinajstić information content (AvgIpc) is 2.74. The molecule has 7 nitrogen and oxygen atoms in total. The lowest BCUT2D eigenvalue weighted by molar-refractivity contribution is -0.308. The number of carboxylic acid groups (broad SMARTS) is 2. The van der Waals surface area contributed by atoms with Gasteiger partial charge in [-0.25, -0.2) is 0 Å². The van der Waals surface area contributed by atoms with Crippen molar-refractivity contribution in [3.63, 3.8) is 0 Å². The van der Waals surface area contributed by atoms with Crippen LogP contribution >= 0.6 is 24.0 Å². The van der Waals surface area contributed by atoms with Gasteiger partial charge in [0.1, 0.15) is 16.7 Å². The molecule has 0 aromatic heterocycles. The smallest absolute Gasteiger partial charge is 0.266 e. The summed E-state index contributed by atoms with van der Waals surface area (Å²) >= 11 is 5.96. The first-order valence-corrected chi connectivity index (χ1v) is 7.47. The SMILES string of the molecule is O=C([O-])COc1ccc(/C=C2/SC(=S)N(CC(=O)[O-])C2=O)cc1. The zero-order chi connectivity index (χ0) is 17.0. The van der Waals surface area contributed by atoms with E-state index in [-0.39, 0.29) is 4.32 Å². The molecule has 2 rings (SSSR count). The Morgan fingerprint density at radius 3 is 2.43 bits per heavy atom. The van der Waals surface area contributed by atoms with Gasteiger partial charge in [0.05, 0.1) is 23.4 Å². The minimum atomic E-state index is -1.39. The van der Waals surface area contributed by atoms with Gasteiger partial charge < -0.3 is 24.5 Å². The number of carbonyl (C=O) groups is 3. The number of aliphatic carboxylic acids is 2. The third-order valence-electron chi connectivity index (χ3n) is 2.70. The molecular formula is C14H9NO6S2-2. The number of carboxylic acids is 2. The molecule has 1 heterocycles. The molecule has 9 heteroatoms. The fraction of sp³-hybridized carbons (Fsp3) is 0.143. The summed E-state index contributed by atoms with van der Waals surface area (Å²) in [6.07, 6.45) is 1.55. The van der Waals surface area contributed by atoms with Gasteiger partial charge in [0, 0.05) is 0 Å². The molecule has 1 aromatic carbocycles. The number of nitrogens with zero attached hydrogens (tertiary/aromatic N) is 1. The Morgan fingerprint density at radius 1 is 1.22 bits per heavy atom. The largest absolute Gasteiger partial charge is 0.548 e. The van der Waals surface area contributed by atoms with Crippen LogP contribution in [0, 0.1) is 0 Å². The van der Waals surface area contributed by atoms with Crippen LogP contribution in [0.5, 0.6) is 5.75 Å². The summed E-state index contributed by atoms with van der Waals surface area (Å²) in [5.74, 6) is -2.88. The fourth-order valence-electron chi connectivity index (χ4n) is 1.72. The van der Waals surface area contributed by atoms with Crippen LogP contribution in [-0.2, 0) is 14.4 Å². The maximum atomic E-state index is 12.1. The van der Waals surface area contributed by atoms with Gasteiger partial charge in [-0.1, -0.05) is 36.1 Å². The van der Waals surface area contributed by atoms with E-state index in [2.05, 4.69) is 0 Å². The Labute approximate surface area is 140 Å². The highest BCUT2D eigenvalue weighted by Gasteiger charge is 2.31. The first-order chi connectivity index (χ1) is 10.9. The van der Waals surface area contributed by atoms with Gasteiger partial charge in [0.15, 0.2) is 0 Å². The van der Waals surface area contributed by atoms with Crippen LogP contribution in [0.25, 0.3) is 6.08 Å². The summed E-state index contributed by atoms with van der Waals surface area (Å²) in [5, 5.41) is 20.9. The van der Waals surface area contributed by atoms with E-state index >= 15 is 0 Å². The maximum absolute atomic E-state index is 12.1. The molecule has 1 aliphatic rings. The van der Waals surface area contributed by atoms with Crippen molar-refractivity contribution in [2.45, 2.75) is 0 Å². The second kappa shape index (κ2) is 7.25. The predicted octanol–water partition coefficient (Wildman–Crippen LogP) is -1.23. The van der Waals surface area contributed by atoms with Crippen LogP contribution in [0.2, 0.25) is 0 Å². The summed E-state index contributed by atoms with van der Waals surface area (Å²) in [6, 6.07) is 6.32. The van der Waals surface area contributed by atoms with E-state index in [0.717, 1.165) is 16.7 Å². The molecule has 0 N–H and O–H groups in total. The molecule has 1 aliphatic heterocycles. The van der Waals surface area contributed by atoms with E-state index in [1.165, 1.54) is 12.1 Å². The van der Waals surface area contributed by atoms with Gasteiger partial charge in [-0.05, 0) is 23.8 Å². The molecule has 23 heavy (non-hydrogen) atoms. The summed E-state index contributed by atoms with van der Waals surface area (Å²) in [7, 11) is 0. The Morgan fingerprint density at radius 2 is 1.87 bits per heavy atom. The monoisotopic (exact) mass is 351 g/mol. The van der Waals surface area contributed by atoms with Gasteiger partial charge in [-0.2, -0.15) is 0 Å². The molecule has 0 bridgehead atoms. The number of hydrogen-bond donors (Lipinski definition) is 0. The number of benzene rings is 1. The standard InChI is InChI=1S/C14H11NO6S2/c16-11(17)6-15-13(20)10(23-14(15)22)5-8-1-3-9(4-2-8)21-7-12(18)19/h1-5H,6-7H2,(H,16,17)(H,18,19)/p-2/b10-5+. The van der Waals surface area contributed by atoms with Gasteiger partial charge >= 0.3 is 0 Å². The van der Waals surface area contributed by atoms with Crippen molar-refractivity contribution in [3.8, 4) is 5.75 Å². The van der Waals surface area contributed by atoms with Crippen LogP contribution in [0.3, 0.4) is 0 Å². The lowest BCUT2D eigenvalue weighted by Crippen LogP contribution is -2.40. The van der Waals surface area contributed by atoms with E-state index in [1.54, 1.807) is 18.2 Å². The molecule has 1 aromatic rings. The summed E-state index contributed by atoms with van der Waals surface area (Å²) in [6.45, 7) is -1.14. The van der Waals surface area contributed by atoms with E-state index in [1.807, 2.05) is 0 Å². The van der Waals surface area contributed by atoms with Crippen LogP contribution in [0.15, 0.2) is 29.2 Å². The number of carbonyl (C=O) groups excluding carboxylic acids is 3. The van der Waals surface area contributed by atoms with Crippen molar-refractivity contribution < 1.29 is 29.3 Å². The molecule has 0 saturated carbocycles. The zero-order valence-corrected chi connectivity index (χ0v) is 13.1. The Bertz CT molecular complexity index is 698. The van der Waals surface area contributed by atoms with E-state index in [9.17, 15) is 24.6 Å². The summed E-state index contributed by atoms with van der Waals surface area (Å²) < 4.78 is 5.09. The number of hydrogen-bond acceptors (Lipinski definition) is 8. The number of thioether (sulfide) groups is 1. The molecule has 1 fully saturated rings. The lowest BCUT2D eigenvalue weighted by Gasteiger charge is -2.14. The number of rotatable bonds is 6. The number of thiocarbonyl (C=S) groups is 1. The molecule has 0 atom stereocenters. The Balaban J connectivity index is 2.09. The van der Waals surface area contributed by atoms with Crippen molar-refractivity contribution in [1.82, 2.24) is 4.90 Å². The van der Waals surface area contributed by atoms with Crippen LogP contribution in [0.4, 0.5) is 0 Å². The van der Waals surface area contributed by atoms with Crippen molar-refractivity contribution in [3.05, 3.63) is 34.7 Å². The van der Waals surface area contributed by atoms with Gasteiger partial charge in [0.2, 0.25) is 0 Å². The highest BCUT2D eigenvalue weighted by molar-refractivity contribution is 8.26. The molecule has 1 saturated heterocycles. The third kappa shape index (κ3) is 4.54. The molecular weight excluding hydrogens is 342 g/mol. The van der Waals surface area contributed by atoms with Crippen molar-refractivity contribution >= 4 is 52.2 Å². The maximum Gasteiger partial charge on any atom is 0.266 e. The first kappa shape index (κ1) is 17.0. The zero-order valence-electron chi connectivity index (χ0n) is 11.5. The highest BCUT2D eigenvalue weighted by Crippen LogP contribution is 2.32. The predicted molar refractivity (Wildman–Crippen MR) is 81.8 cm³/mol. The van der Waals surface area contributed by atoms with Gasteiger partial charge in [-0.15, -0.1) is 0 Å². The summed E-state index contributed by atoms with van der Waals surface area (Å²) in [4.78, 5) is 34.2. The number of amides is 1. The normalized spacial score (nSPS) is 16.0. The Kier molecular flexibility index (Phi) is 5.35. The second-order valence-corrected chi connectivity index (χ2v) is 6.05. The number of ether oxygens (including phenoxy) is 1. The molecule has 1 amide bonds.